The number of hydrogen-bond donors (Lipinski definition) is 1. The Labute approximate surface area is 115 Å². The average Bonchev–Trinajstić information content (AvgIpc) is 2.63. The third-order valence-electron chi connectivity index (χ3n) is 2.66. The number of benzene rings is 1. The van der Waals surface area contributed by atoms with Gasteiger partial charge in [-0.25, -0.2) is 9.37 Å². The van der Waals surface area contributed by atoms with Crippen LogP contribution in [0.1, 0.15) is 21.1 Å². The zero-order chi connectivity index (χ0) is 13.1. The maximum atomic E-state index is 13.0. The maximum Gasteiger partial charge on any atom is 0.141 e. The molecule has 1 N–H and O–H groups in total. The Bertz CT molecular complexity index is 534. The van der Waals surface area contributed by atoms with Gasteiger partial charge in [0.05, 0.1) is 10.7 Å². The summed E-state index contributed by atoms with van der Waals surface area (Å²) in [5.41, 5.74) is 2.05. The van der Waals surface area contributed by atoms with Gasteiger partial charge in [-0.2, -0.15) is 0 Å². The quantitative estimate of drug-likeness (QED) is 0.923. The largest absolute Gasteiger partial charge is 0.306 e. The van der Waals surface area contributed by atoms with E-state index in [4.69, 9.17) is 11.6 Å². The molecule has 2 aromatic rings. The Balaban J connectivity index is 1.90. The molecule has 0 atom stereocenters. The molecule has 0 fully saturated rings. The molecule has 2 nitrogen and oxygen atoms in total. The van der Waals surface area contributed by atoms with Crippen LogP contribution < -0.4 is 5.32 Å². The smallest absolute Gasteiger partial charge is 0.141 e. The fourth-order valence-corrected chi connectivity index (χ4v) is 2.68. The first-order valence-electron chi connectivity index (χ1n) is 5.64. The molecule has 1 aromatic heterocycles. The fraction of sp³-hybridized carbons (Fsp3) is 0.308. The van der Waals surface area contributed by atoms with Crippen molar-refractivity contribution in [3.63, 3.8) is 0 Å². The SMILES string of the molecule is Cc1nc(CNCc2ccc(F)c(Cl)c2)sc1C. The van der Waals surface area contributed by atoms with E-state index in [1.807, 2.05) is 6.92 Å². The van der Waals surface area contributed by atoms with Gasteiger partial charge in [0.1, 0.15) is 10.8 Å². The summed E-state index contributed by atoms with van der Waals surface area (Å²) in [5.74, 6) is -0.383. The van der Waals surface area contributed by atoms with E-state index in [1.165, 1.54) is 10.9 Å². The molecule has 18 heavy (non-hydrogen) atoms. The van der Waals surface area contributed by atoms with Crippen LogP contribution in [0.15, 0.2) is 18.2 Å². The second-order valence-electron chi connectivity index (χ2n) is 4.10. The first-order chi connectivity index (χ1) is 8.56. The normalized spacial score (nSPS) is 10.9. The third kappa shape index (κ3) is 3.28. The van der Waals surface area contributed by atoms with Gasteiger partial charge in [0.15, 0.2) is 0 Å². The summed E-state index contributed by atoms with van der Waals surface area (Å²) in [7, 11) is 0. The highest BCUT2D eigenvalue weighted by Crippen LogP contribution is 2.17. The van der Waals surface area contributed by atoms with Crippen LogP contribution >= 0.6 is 22.9 Å². The van der Waals surface area contributed by atoms with Gasteiger partial charge < -0.3 is 5.32 Å². The lowest BCUT2D eigenvalue weighted by Gasteiger charge is -2.04. The minimum atomic E-state index is -0.383. The minimum absolute atomic E-state index is 0.162. The molecule has 0 radical (unpaired) electrons. The summed E-state index contributed by atoms with van der Waals surface area (Å²) < 4.78 is 13.0. The van der Waals surface area contributed by atoms with Crippen LogP contribution in [0.5, 0.6) is 0 Å². The van der Waals surface area contributed by atoms with Crippen LogP contribution in [0.25, 0.3) is 0 Å². The van der Waals surface area contributed by atoms with E-state index in [1.54, 1.807) is 23.5 Å². The van der Waals surface area contributed by atoms with Crippen molar-refractivity contribution in [2.75, 3.05) is 0 Å². The molecule has 5 heteroatoms. The molecule has 96 valence electrons. The second-order valence-corrected chi connectivity index (χ2v) is 5.80. The molecular formula is C13H14ClFN2S. The van der Waals surface area contributed by atoms with Gasteiger partial charge in [-0.1, -0.05) is 17.7 Å². The topological polar surface area (TPSA) is 24.9 Å². The highest BCUT2D eigenvalue weighted by Gasteiger charge is 2.04. The van der Waals surface area contributed by atoms with Crippen molar-refractivity contribution in [1.29, 1.82) is 0 Å². The molecule has 0 bridgehead atoms. The number of hydrogen-bond acceptors (Lipinski definition) is 3. The van der Waals surface area contributed by atoms with E-state index < -0.39 is 0 Å². The lowest BCUT2D eigenvalue weighted by atomic mass is 10.2. The molecule has 0 amide bonds. The molecule has 0 saturated carbocycles. The van der Waals surface area contributed by atoms with Crippen LogP contribution in [-0.2, 0) is 13.1 Å². The van der Waals surface area contributed by atoms with Crippen molar-refractivity contribution in [1.82, 2.24) is 10.3 Å². The Kier molecular flexibility index (Phi) is 4.32. The highest BCUT2D eigenvalue weighted by atomic mass is 35.5. The lowest BCUT2D eigenvalue weighted by Crippen LogP contribution is -2.12. The molecule has 0 aliphatic carbocycles. The highest BCUT2D eigenvalue weighted by molar-refractivity contribution is 7.11. The van der Waals surface area contributed by atoms with Crippen molar-refractivity contribution in [3.8, 4) is 0 Å². The van der Waals surface area contributed by atoms with E-state index in [9.17, 15) is 4.39 Å². The van der Waals surface area contributed by atoms with Gasteiger partial charge in [0, 0.05) is 18.0 Å². The van der Waals surface area contributed by atoms with Gasteiger partial charge in [0.25, 0.3) is 0 Å². The summed E-state index contributed by atoms with van der Waals surface area (Å²) >= 11 is 7.42. The van der Waals surface area contributed by atoms with Gasteiger partial charge in [-0.3, -0.25) is 0 Å². The number of nitrogens with one attached hydrogen (secondary N) is 1. The lowest BCUT2D eigenvalue weighted by molar-refractivity contribution is 0.625. The molecule has 2 rings (SSSR count). The van der Waals surface area contributed by atoms with E-state index in [-0.39, 0.29) is 10.8 Å². The van der Waals surface area contributed by atoms with Gasteiger partial charge >= 0.3 is 0 Å². The van der Waals surface area contributed by atoms with E-state index in [0.29, 0.717) is 13.1 Å². The number of aromatic nitrogens is 1. The van der Waals surface area contributed by atoms with Crippen molar-refractivity contribution >= 4 is 22.9 Å². The molecular weight excluding hydrogens is 271 g/mol. The first kappa shape index (κ1) is 13.5. The summed E-state index contributed by atoms with van der Waals surface area (Å²) in [6, 6.07) is 4.76. The fourth-order valence-electron chi connectivity index (χ4n) is 1.58. The third-order valence-corrected chi connectivity index (χ3v) is 4.02. The second kappa shape index (κ2) is 5.78. The van der Waals surface area contributed by atoms with Crippen molar-refractivity contribution in [2.45, 2.75) is 26.9 Å². The molecule has 0 aliphatic heterocycles. The Morgan fingerprint density at radius 3 is 2.72 bits per heavy atom. The monoisotopic (exact) mass is 284 g/mol. The van der Waals surface area contributed by atoms with Crippen LogP contribution in [0.4, 0.5) is 4.39 Å². The van der Waals surface area contributed by atoms with Crippen molar-refractivity contribution < 1.29 is 4.39 Å². The Morgan fingerprint density at radius 1 is 1.33 bits per heavy atom. The molecule has 0 spiro atoms. The summed E-state index contributed by atoms with van der Waals surface area (Å²) in [6.07, 6.45) is 0. The van der Waals surface area contributed by atoms with E-state index in [0.717, 1.165) is 16.3 Å². The number of nitrogens with zero attached hydrogens (tertiary/aromatic N) is 1. The molecule has 1 heterocycles. The zero-order valence-corrected chi connectivity index (χ0v) is 11.8. The van der Waals surface area contributed by atoms with Crippen LogP contribution in [0.2, 0.25) is 5.02 Å². The van der Waals surface area contributed by atoms with E-state index in [2.05, 4.69) is 17.2 Å². The number of rotatable bonds is 4. The van der Waals surface area contributed by atoms with Crippen LogP contribution in [0.3, 0.4) is 0 Å². The molecule has 0 saturated heterocycles. The maximum absolute atomic E-state index is 13.0. The summed E-state index contributed by atoms with van der Waals surface area (Å²) in [6.45, 7) is 5.44. The van der Waals surface area contributed by atoms with Crippen molar-refractivity contribution in [2.24, 2.45) is 0 Å². The van der Waals surface area contributed by atoms with E-state index >= 15 is 0 Å². The predicted molar refractivity (Wildman–Crippen MR) is 73.5 cm³/mol. The van der Waals surface area contributed by atoms with Crippen LogP contribution in [-0.4, -0.2) is 4.98 Å². The van der Waals surface area contributed by atoms with Gasteiger partial charge in [0.2, 0.25) is 0 Å². The Morgan fingerprint density at radius 2 is 2.11 bits per heavy atom. The number of thiazole rings is 1. The van der Waals surface area contributed by atoms with Crippen LogP contribution in [0, 0.1) is 19.7 Å². The summed E-state index contributed by atoms with van der Waals surface area (Å²) in [5, 5.41) is 4.50. The minimum Gasteiger partial charge on any atom is -0.306 e. The zero-order valence-electron chi connectivity index (χ0n) is 10.3. The molecule has 0 unspecified atom stereocenters. The first-order valence-corrected chi connectivity index (χ1v) is 6.83. The van der Waals surface area contributed by atoms with Gasteiger partial charge in [-0.15, -0.1) is 11.3 Å². The Hall–Kier alpha value is -0.970. The van der Waals surface area contributed by atoms with Crippen molar-refractivity contribution in [3.05, 3.63) is 50.2 Å². The number of halogens is 2. The summed E-state index contributed by atoms with van der Waals surface area (Å²) in [4.78, 5) is 5.69. The number of aryl methyl sites for hydroxylation is 2. The molecule has 1 aromatic carbocycles. The predicted octanol–water partition coefficient (Wildman–Crippen LogP) is 3.84. The average molecular weight is 285 g/mol. The standard InChI is InChI=1S/C13H14ClFN2S/c1-8-9(2)18-13(17-8)7-16-6-10-3-4-12(15)11(14)5-10/h3-5,16H,6-7H2,1-2H3. The molecule has 0 aliphatic rings. The van der Waals surface area contributed by atoms with Gasteiger partial charge in [-0.05, 0) is 31.5 Å².